The number of amides is 1. The number of aromatic nitrogens is 2. The molecule has 1 aromatic heterocycles. The molecule has 1 heterocycles. The van der Waals surface area contributed by atoms with Crippen LogP contribution in [-0.4, -0.2) is 34.5 Å². The van der Waals surface area contributed by atoms with E-state index in [0.717, 1.165) is 31.0 Å². The van der Waals surface area contributed by atoms with Gasteiger partial charge < -0.3 is 14.8 Å². The Hall–Kier alpha value is -2.46. The molecule has 1 saturated carbocycles. The standard InChI is InChI=1S/C21H22Cl2F3N3O4/c1-2-32-20(31)33-19-17(23)10-27-29(19)11-12-3-6-14(7-4-12)28-18(30)15-9-13(21(24,25)26)5-8-16(15)22/h5,8-10,12,14H,2-4,6-7,11H2,1H3,(H,28,30). The summed E-state index contributed by atoms with van der Waals surface area (Å²) in [7, 11) is 0. The van der Waals surface area contributed by atoms with Gasteiger partial charge in [0.25, 0.3) is 5.91 Å². The predicted molar refractivity (Wildman–Crippen MR) is 115 cm³/mol. The molecule has 2 aromatic rings. The van der Waals surface area contributed by atoms with E-state index in [1.807, 2.05) is 0 Å². The first kappa shape index (κ1) is 25.2. The molecule has 1 amide bonds. The Morgan fingerprint density at radius 2 is 1.88 bits per heavy atom. The van der Waals surface area contributed by atoms with Crippen molar-refractivity contribution in [2.45, 2.75) is 51.4 Å². The summed E-state index contributed by atoms with van der Waals surface area (Å²) in [6.07, 6.45) is -1.38. The Labute approximate surface area is 198 Å². The van der Waals surface area contributed by atoms with Gasteiger partial charge in [-0.1, -0.05) is 23.2 Å². The van der Waals surface area contributed by atoms with E-state index < -0.39 is 23.8 Å². The molecule has 3 rings (SSSR count). The van der Waals surface area contributed by atoms with Gasteiger partial charge >= 0.3 is 12.3 Å². The van der Waals surface area contributed by atoms with Crippen LogP contribution in [0, 0.1) is 5.92 Å². The van der Waals surface area contributed by atoms with Crippen LogP contribution in [0.15, 0.2) is 24.4 Å². The molecule has 1 aliphatic rings. The highest BCUT2D eigenvalue weighted by molar-refractivity contribution is 6.33. The van der Waals surface area contributed by atoms with Crippen LogP contribution in [-0.2, 0) is 17.5 Å². The van der Waals surface area contributed by atoms with E-state index in [1.165, 1.54) is 10.9 Å². The topological polar surface area (TPSA) is 82.4 Å². The van der Waals surface area contributed by atoms with Crippen molar-refractivity contribution < 1.29 is 32.2 Å². The van der Waals surface area contributed by atoms with Crippen LogP contribution in [0.1, 0.15) is 48.5 Å². The maximum atomic E-state index is 13.0. The predicted octanol–water partition coefficient (Wildman–Crippen LogP) is 5.73. The third kappa shape index (κ3) is 6.54. The van der Waals surface area contributed by atoms with Crippen molar-refractivity contribution >= 4 is 35.3 Å². The zero-order valence-corrected chi connectivity index (χ0v) is 19.1. The number of nitrogens with zero attached hydrogens (tertiary/aromatic N) is 2. The van der Waals surface area contributed by atoms with Gasteiger partial charge in [-0.3, -0.25) is 4.79 Å². The summed E-state index contributed by atoms with van der Waals surface area (Å²) in [6, 6.07) is 2.47. The average molecular weight is 508 g/mol. The molecule has 1 N–H and O–H groups in total. The van der Waals surface area contributed by atoms with Crippen molar-refractivity contribution in [1.82, 2.24) is 15.1 Å². The van der Waals surface area contributed by atoms with Crippen molar-refractivity contribution in [3.8, 4) is 5.88 Å². The summed E-state index contributed by atoms with van der Waals surface area (Å²) in [5.74, 6) is -0.362. The van der Waals surface area contributed by atoms with Crippen molar-refractivity contribution in [1.29, 1.82) is 0 Å². The van der Waals surface area contributed by atoms with E-state index in [2.05, 4.69) is 10.4 Å². The number of carbonyl (C=O) groups excluding carboxylic acids is 2. The number of alkyl halides is 3. The number of hydrogen-bond acceptors (Lipinski definition) is 5. The smallest absolute Gasteiger partial charge is 0.434 e. The molecule has 0 aliphatic heterocycles. The van der Waals surface area contributed by atoms with Gasteiger partial charge in [0.1, 0.15) is 5.02 Å². The zero-order valence-electron chi connectivity index (χ0n) is 17.6. The minimum absolute atomic E-state index is 0.0427. The molecule has 0 bridgehead atoms. The molecule has 1 aromatic carbocycles. The maximum absolute atomic E-state index is 13.0. The minimum atomic E-state index is -4.57. The SMILES string of the molecule is CCOC(=O)Oc1c(Cl)cnn1CC1CCC(NC(=O)c2cc(C(F)(F)F)ccc2Cl)CC1. The van der Waals surface area contributed by atoms with Crippen LogP contribution in [0.25, 0.3) is 0 Å². The maximum Gasteiger partial charge on any atom is 0.515 e. The van der Waals surface area contributed by atoms with E-state index in [4.69, 9.17) is 32.7 Å². The molecule has 1 fully saturated rings. The molecule has 0 atom stereocenters. The number of halogens is 5. The van der Waals surface area contributed by atoms with Crippen LogP contribution in [0.4, 0.5) is 18.0 Å². The Kier molecular flexibility index (Phi) is 8.12. The Morgan fingerprint density at radius 3 is 2.52 bits per heavy atom. The number of carbonyl (C=O) groups is 2. The first-order valence-electron chi connectivity index (χ1n) is 10.3. The van der Waals surface area contributed by atoms with Gasteiger partial charge in [0, 0.05) is 12.6 Å². The average Bonchev–Trinajstić information content (AvgIpc) is 3.08. The Bertz CT molecular complexity index is 1010. The quantitative estimate of drug-likeness (QED) is 0.504. The summed E-state index contributed by atoms with van der Waals surface area (Å²) >= 11 is 12.0. The van der Waals surface area contributed by atoms with Crippen LogP contribution in [0.2, 0.25) is 10.0 Å². The minimum Gasteiger partial charge on any atom is -0.434 e. The molecule has 12 heteroatoms. The number of rotatable bonds is 6. The molecule has 0 radical (unpaired) electrons. The molecule has 7 nitrogen and oxygen atoms in total. The molecule has 0 spiro atoms. The monoisotopic (exact) mass is 507 g/mol. The van der Waals surface area contributed by atoms with E-state index in [9.17, 15) is 22.8 Å². The second-order valence-corrected chi connectivity index (χ2v) is 8.46. The van der Waals surface area contributed by atoms with E-state index in [0.29, 0.717) is 19.4 Å². The van der Waals surface area contributed by atoms with E-state index in [-0.39, 0.29) is 40.1 Å². The zero-order chi connectivity index (χ0) is 24.2. The number of nitrogens with one attached hydrogen (secondary N) is 1. The number of benzene rings is 1. The number of hydrogen-bond donors (Lipinski definition) is 1. The van der Waals surface area contributed by atoms with Gasteiger partial charge in [0.2, 0.25) is 5.88 Å². The Morgan fingerprint density at radius 1 is 1.18 bits per heavy atom. The van der Waals surface area contributed by atoms with Gasteiger partial charge in [0.15, 0.2) is 0 Å². The van der Waals surface area contributed by atoms with E-state index in [1.54, 1.807) is 6.92 Å². The fraction of sp³-hybridized carbons (Fsp3) is 0.476. The molecular formula is C21H22Cl2F3N3O4. The molecule has 0 saturated heterocycles. The first-order chi connectivity index (χ1) is 15.6. The van der Waals surface area contributed by atoms with Gasteiger partial charge in [-0.2, -0.15) is 18.3 Å². The number of ether oxygens (including phenoxy) is 2. The van der Waals surface area contributed by atoms with Crippen molar-refractivity contribution in [3.05, 3.63) is 45.6 Å². The fourth-order valence-electron chi connectivity index (χ4n) is 3.68. The largest absolute Gasteiger partial charge is 0.515 e. The Balaban J connectivity index is 1.56. The van der Waals surface area contributed by atoms with Gasteiger partial charge in [0.05, 0.1) is 29.0 Å². The highest BCUT2D eigenvalue weighted by atomic mass is 35.5. The van der Waals surface area contributed by atoms with Gasteiger partial charge in [-0.15, -0.1) is 0 Å². The second kappa shape index (κ2) is 10.6. The summed E-state index contributed by atoms with van der Waals surface area (Å²) in [5, 5.41) is 7.06. The first-order valence-corrected chi connectivity index (χ1v) is 11.1. The third-order valence-electron chi connectivity index (χ3n) is 5.34. The van der Waals surface area contributed by atoms with E-state index >= 15 is 0 Å². The van der Waals surface area contributed by atoms with Crippen LogP contribution in [0.5, 0.6) is 5.88 Å². The van der Waals surface area contributed by atoms with Crippen molar-refractivity contribution in [2.24, 2.45) is 5.92 Å². The summed E-state index contributed by atoms with van der Waals surface area (Å²) in [6.45, 7) is 2.26. The normalized spacial score (nSPS) is 18.6. The lowest BCUT2D eigenvalue weighted by Gasteiger charge is -2.29. The van der Waals surface area contributed by atoms with Gasteiger partial charge in [-0.05, 0) is 56.7 Å². The lowest BCUT2D eigenvalue weighted by Crippen LogP contribution is -2.38. The summed E-state index contributed by atoms with van der Waals surface area (Å²) in [5.41, 5.74) is -1.14. The van der Waals surface area contributed by atoms with Gasteiger partial charge in [-0.25, -0.2) is 9.48 Å². The van der Waals surface area contributed by atoms with Crippen LogP contribution >= 0.6 is 23.2 Å². The van der Waals surface area contributed by atoms with Crippen LogP contribution in [0.3, 0.4) is 0 Å². The molecule has 0 unspecified atom stereocenters. The highest BCUT2D eigenvalue weighted by Crippen LogP contribution is 2.33. The second-order valence-electron chi connectivity index (χ2n) is 7.65. The molecule has 1 aliphatic carbocycles. The molecular weight excluding hydrogens is 486 g/mol. The van der Waals surface area contributed by atoms with Crippen LogP contribution < -0.4 is 10.1 Å². The van der Waals surface area contributed by atoms with Crippen molar-refractivity contribution in [3.63, 3.8) is 0 Å². The molecule has 33 heavy (non-hydrogen) atoms. The lowest BCUT2D eigenvalue weighted by atomic mass is 9.86. The summed E-state index contributed by atoms with van der Waals surface area (Å²) in [4.78, 5) is 24.2. The fourth-order valence-corrected chi connectivity index (χ4v) is 4.06. The summed E-state index contributed by atoms with van der Waals surface area (Å²) < 4.78 is 50.3. The third-order valence-corrected chi connectivity index (χ3v) is 5.93. The highest BCUT2D eigenvalue weighted by Gasteiger charge is 2.32. The molecule has 180 valence electrons. The van der Waals surface area contributed by atoms with Crippen molar-refractivity contribution in [2.75, 3.05) is 6.61 Å². The lowest BCUT2D eigenvalue weighted by molar-refractivity contribution is -0.137.